The fourth-order valence-electron chi connectivity index (χ4n) is 3.53. The Bertz CT molecular complexity index is 704. The molecule has 140 valence electrons. The Balaban J connectivity index is 1.49. The van der Waals surface area contributed by atoms with Crippen LogP contribution in [0.15, 0.2) is 36.9 Å². The van der Waals surface area contributed by atoms with Gasteiger partial charge in [-0.25, -0.2) is 4.98 Å². The zero-order valence-corrected chi connectivity index (χ0v) is 15.9. The van der Waals surface area contributed by atoms with Gasteiger partial charge in [-0.3, -0.25) is 14.7 Å². The van der Waals surface area contributed by atoms with E-state index in [1.165, 1.54) is 5.56 Å². The Kier molecular flexibility index (Phi) is 6.04. The minimum Gasteiger partial charge on any atom is -0.351 e. The van der Waals surface area contributed by atoms with Crippen molar-refractivity contribution in [3.8, 4) is 0 Å². The molecule has 26 heavy (non-hydrogen) atoms. The topological polar surface area (TPSA) is 63.1 Å². The molecule has 0 unspecified atom stereocenters. The molecule has 1 amide bonds. The van der Waals surface area contributed by atoms with Crippen LogP contribution in [0.1, 0.15) is 57.0 Å². The van der Waals surface area contributed by atoms with Gasteiger partial charge in [-0.1, -0.05) is 19.9 Å². The Morgan fingerprint density at radius 1 is 1.27 bits per heavy atom. The molecule has 1 atom stereocenters. The average molecular weight is 355 g/mol. The van der Waals surface area contributed by atoms with Crippen molar-refractivity contribution in [2.24, 2.45) is 0 Å². The van der Waals surface area contributed by atoms with Gasteiger partial charge in [-0.05, 0) is 31.4 Å². The van der Waals surface area contributed by atoms with E-state index in [0.29, 0.717) is 5.92 Å². The van der Waals surface area contributed by atoms with Crippen molar-refractivity contribution >= 4 is 5.91 Å². The molecule has 0 aliphatic carbocycles. The Labute approximate surface area is 155 Å². The fraction of sp³-hybridized carbons (Fsp3) is 0.550. The molecule has 1 saturated heterocycles. The van der Waals surface area contributed by atoms with E-state index in [-0.39, 0.29) is 18.0 Å². The van der Waals surface area contributed by atoms with Gasteiger partial charge in [0.15, 0.2) is 0 Å². The first-order chi connectivity index (χ1) is 12.5. The van der Waals surface area contributed by atoms with Crippen LogP contribution in [-0.4, -0.2) is 44.5 Å². The number of carbonyl (C=O) groups is 1. The van der Waals surface area contributed by atoms with Crippen LogP contribution < -0.4 is 5.32 Å². The highest BCUT2D eigenvalue weighted by atomic mass is 16.2. The molecule has 2 aromatic rings. The second-order valence-corrected chi connectivity index (χ2v) is 7.44. The van der Waals surface area contributed by atoms with E-state index >= 15 is 0 Å². The lowest BCUT2D eigenvalue weighted by Gasteiger charge is -2.33. The minimum absolute atomic E-state index is 0.0793. The number of pyridine rings is 1. The number of hydrogen-bond donors (Lipinski definition) is 1. The van der Waals surface area contributed by atoms with Crippen molar-refractivity contribution in [3.05, 3.63) is 48.3 Å². The van der Waals surface area contributed by atoms with Crippen LogP contribution in [0.25, 0.3) is 0 Å². The summed E-state index contributed by atoms with van der Waals surface area (Å²) in [5.74, 6) is 1.34. The van der Waals surface area contributed by atoms with E-state index in [0.717, 1.165) is 38.3 Å². The molecule has 0 radical (unpaired) electrons. The normalized spacial score (nSPS) is 17.4. The van der Waals surface area contributed by atoms with Gasteiger partial charge in [0.25, 0.3) is 0 Å². The van der Waals surface area contributed by atoms with Crippen LogP contribution in [-0.2, 0) is 11.3 Å². The second kappa shape index (κ2) is 8.45. The average Bonchev–Trinajstić information content (AvgIpc) is 3.13. The van der Waals surface area contributed by atoms with Gasteiger partial charge >= 0.3 is 0 Å². The smallest absolute Gasteiger partial charge is 0.243 e. The monoisotopic (exact) mass is 355 g/mol. The third-order valence-corrected chi connectivity index (χ3v) is 5.07. The van der Waals surface area contributed by atoms with Gasteiger partial charge in [0.1, 0.15) is 11.9 Å². The van der Waals surface area contributed by atoms with Gasteiger partial charge < -0.3 is 9.88 Å². The molecule has 0 saturated carbocycles. The van der Waals surface area contributed by atoms with Gasteiger partial charge in [-0.2, -0.15) is 0 Å². The van der Waals surface area contributed by atoms with Crippen LogP contribution in [0, 0.1) is 0 Å². The number of rotatable bonds is 6. The quantitative estimate of drug-likeness (QED) is 0.865. The standard InChI is InChI=1S/C20H29N5O/c1-15(2)19-22-9-12-25(19)16(3)20(26)23-18-6-10-24(11-7-18)14-17-5-4-8-21-13-17/h4-5,8-9,12-13,15-16,18H,6-7,10-11,14H2,1-3H3,(H,23,26)/t16-/m1/s1. The van der Waals surface area contributed by atoms with E-state index in [1.54, 1.807) is 12.4 Å². The molecule has 6 nitrogen and oxygen atoms in total. The lowest BCUT2D eigenvalue weighted by molar-refractivity contribution is -0.125. The molecule has 1 aliphatic rings. The van der Waals surface area contributed by atoms with E-state index in [4.69, 9.17) is 0 Å². The van der Waals surface area contributed by atoms with Gasteiger partial charge in [0, 0.05) is 56.4 Å². The lowest BCUT2D eigenvalue weighted by Crippen LogP contribution is -2.46. The molecule has 2 aromatic heterocycles. The molecular weight excluding hydrogens is 326 g/mol. The summed E-state index contributed by atoms with van der Waals surface area (Å²) in [6, 6.07) is 4.11. The van der Waals surface area contributed by atoms with Gasteiger partial charge in [0.2, 0.25) is 5.91 Å². The highest BCUT2D eigenvalue weighted by molar-refractivity contribution is 5.80. The number of hydrogen-bond acceptors (Lipinski definition) is 4. The summed E-state index contributed by atoms with van der Waals surface area (Å²) in [6.45, 7) is 9.06. The number of piperidine rings is 1. The van der Waals surface area contributed by atoms with Crippen LogP contribution in [0.5, 0.6) is 0 Å². The summed E-state index contributed by atoms with van der Waals surface area (Å²) in [7, 11) is 0. The third-order valence-electron chi connectivity index (χ3n) is 5.07. The summed E-state index contributed by atoms with van der Waals surface area (Å²) < 4.78 is 1.98. The van der Waals surface area contributed by atoms with Gasteiger partial charge in [0.05, 0.1) is 0 Å². The third kappa shape index (κ3) is 4.49. The van der Waals surface area contributed by atoms with Crippen molar-refractivity contribution < 1.29 is 4.79 Å². The lowest BCUT2D eigenvalue weighted by atomic mass is 10.0. The zero-order valence-electron chi connectivity index (χ0n) is 15.9. The van der Waals surface area contributed by atoms with E-state index in [2.05, 4.69) is 40.1 Å². The van der Waals surface area contributed by atoms with Gasteiger partial charge in [-0.15, -0.1) is 0 Å². The molecule has 1 aliphatic heterocycles. The molecule has 3 heterocycles. The first-order valence-electron chi connectivity index (χ1n) is 9.49. The summed E-state index contributed by atoms with van der Waals surface area (Å²) in [5.41, 5.74) is 1.24. The predicted molar refractivity (Wildman–Crippen MR) is 102 cm³/mol. The van der Waals surface area contributed by atoms with E-state index < -0.39 is 0 Å². The molecular formula is C20H29N5O. The van der Waals surface area contributed by atoms with Crippen LogP contribution >= 0.6 is 0 Å². The molecule has 0 bridgehead atoms. The van der Waals surface area contributed by atoms with Crippen LogP contribution in [0.3, 0.4) is 0 Å². The molecule has 1 fully saturated rings. The number of nitrogens with zero attached hydrogens (tertiary/aromatic N) is 4. The molecule has 6 heteroatoms. The Hall–Kier alpha value is -2.21. The highest BCUT2D eigenvalue weighted by Crippen LogP contribution is 2.19. The molecule has 1 N–H and O–H groups in total. The maximum atomic E-state index is 12.7. The summed E-state index contributed by atoms with van der Waals surface area (Å²) in [4.78, 5) is 23.7. The largest absolute Gasteiger partial charge is 0.351 e. The fourth-order valence-corrected chi connectivity index (χ4v) is 3.53. The SMILES string of the molecule is CC(C)c1nccn1[C@H](C)C(=O)NC1CCN(Cc2cccnc2)CC1. The molecule has 0 aromatic carbocycles. The van der Waals surface area contributed by atoms with Crippen molar-refractivity contribution in [3.63, 3.8) is 0 Å². The number of nitrogens with one attached hydrogen (secondary N) is 1. The number of carbonyl (C=O) groups excluding carboxylic acids is 1. The first kappa shape index (κ1) is 18.6. The minimum atomic E-state index is -0.233. The van der Waals surface area contributed by atoms with Crippen molar-refractivity contribution in [2.75, 3.05) is 13.1 Å². The Morgan fingerprint density at radius 2 is 2.04 bits per heavy atom. The summed E-state index contributed by atoms with van der Waals surface area (Å²) in [5, 5.41) is 3.23. The van der Waals surface area contributed by atoms with E-state index in [1.807, 2.05) is 30.0 Å². The first-order valence-corrected chi connectivity index (χ1v) is 9.49. The molecule has 0 spiro atoms. The summed E-state index contributed by atoms with van der Waals surface area (Å²) >= 11 is 0. The maximum Gasteiger partial charge on any atom is 0.243 e. The van der Waals surface area contributed by atoms with E-state index in [9.17, 15) is 4.79 Å². The predicted octanol–water partition coefficient (Wildman–Crippen LogP) is 2.74. The number of aromatic nitrogens is 3. The van der Waals surface area contributed by atoms with Crippen molar-refractivity contribution in [2.45, 2.75) is 58.2 Å². The number of imidazole rings is 1. The number of amides is 1. The van der Waals surface area contributed by atoms with Crippen LogP contribution in [0.4, 0.5) is 0 Å². The highest BCUT2D eigenvalue weighted by Gasteiger charge is 2.24. The zero-order chi connectivity index (χ0) is 18.5. The maximum absolute atomic E-state index is 12.7. The number of likely N-dealkylation sites (tertiary alicyclic amines) is 1. The van der Waals surface area contributed by atoms with Crippen molar-refractivity contribution in [1.82, 2.24) is 24.8 Å². The molecule has 3 rings (SSSR count). The second-order valence-electron chi connectivity index (χ2n) is 7.44. The van der Waals surface area contributed by atoms with Crippen LogP contribution in [0.2, 0.25) is 0 Å². The Morgan fingerprint density at radius 3 is 2.69 bits per heavy atom. The van der Waals surface area contributed by atoms with Crippen molar-refractivity contribution in [1.29, 1.82) is 0 Å². The summed E-state index contributed by atoms with van der Waals surface area (Å²) in [6.07, 6.45) is 9.37.